The van der Waals surface area contributed by atoms with Crippen LogP contribution in [-0.2, 0) is 5.41 Å². The Kier molecular flexibility index (Phi) is 10.8. The van der Waals surface area contributed by atoms with E-state index >= 15 is 0 Å². The summed E-state index contributed by atoms with van der Waals surface area (Å²) in [6.07, 6.45) is 3.50. The number of rotatable bonds is 2. The standard InChI is InChI=1S/C17H14ClFN4O.C6H4ClF.C5H12/c18-12-3-4-14(15(19)8-12)17(10-20)5-7-23(11-17)16(24)22-13-2-1-6-21-9-13;7-5-3-1-2-4-6(5)8;1-5(2,3)4/h1-4,6,8-9H,5,7,11H2,(H,22,24);1-4H;1-4H3. The van der Waals surface area contributed by atoms with Gasteiger partial charge < -0.3 is 10.2 Å². The van der Waals surface area contributed by atoms with Crippen LogP contribution < -0.4 is 5.32 Å². The van der Waals surface area contributed by atoms with Crippen LogP contribution in [0.2, 0.25) is 10.0 Å². The zero-order valence-corrected chi connectivity index (χ0v) is 22.7. The molecule has 2 amide bonds. The first-order valence-corrected chi connectivity index (χ1v) is 12.3. The Morgan fingerprint density at radius 3 is 2.27 bits per heavy atom. The summed E-state index contributed by atoms with van der Waals surface area (Å²) in [6.45, 7) is 9.23. The van der Waals surface area contributed by atoms with Crippen molar-refractivity contribution >= 4 is 34.9 Å². The molecule has 2 aromatic carbocycles. The van der Waals surface area contributed by atoms with Gasteiger partial charge in [-0.2, -0.15) is 5.26 Å². The molecule has 1 aromatic heterocycles. The monoisotopic (exact) mass is 546 g/mol. The van der Waals surface area contributed by atoms with Crippen molar-refractivity contribution in [1.82, 2.24) is 9.88 Å². The summed E-state index contributed by atoms with van der Waals surface area (Å²) in [5.41, 5.74) is 0.265. The summed E-state index contributed by atoms with van der Waals surface area (Å²) in [6, 6.07) is 15.7. The van der Waals surface area contributed by atoms with Gasteiger partial charge in [0.15, 0.2) is 0 Å². The average Bonchev–Trinajstić information content (AvgIpc) is 3.27. The first-order valence-electron chi connectivity index (χ1n) is 11.6. The lowest BCUT2D eigenvalue weighted by Gasteiger charge is -2.23. The number of benzene rings is 2. The summed E-state index contributed by atoms with van der Waals surface area (Å²) in [5.74, 6) is -0.896. The van der Waals surface area contributed by atoms with Crippen LogP contribution >= 0.6 is 23.2 Å². The molecule has 0 radical (unpaired) electrons. The van der Waals surface area contributed by atoms with E-state index in [1.807, 2.05) is 0 Å². The highest BCUT2D eigenvalue weighted by molar-refractivity contribution is 6.30. The molecule has 196 valence electrons. The van der Waals surface area contributed by atoms with E-state index in [1.165, 1.54) is 35.4 Å². The van der Waals surface area contributed by atoms with Crippen molar-refractivity contribution < 1.29 is 13.6 Å². The van der Waals surface area contributed by atoms with Crippen molar-refractivity contribution in [2.75, 3.05) is 18.4 Å². The summed E-state index contributed by atoms with van der Waals surface area (Å²) < 4.78 is 26.4. The predicted octanol–water partition coefficient (Wildman–Crippen LogP) is 8.10. The van der Waals surface area contributed by atoms with Gasteiger partial charge in [0.2, 0.25) is 0 Å². The minimum absolute atomic E-state index is 0.119. The van der Waals surface area contributed by atoms with Crippen molar-refractivity contribution in [3.8, 4) is 6.07 Å². The summed E-state index contributed by atoms with van der Waals surface area (Å²) in [4.78, 5) is 17.8. The van der Waals surface area contributed by atoms with Crippen molar-refractivity contribution in [2.45, 2.75) is 39.5 Å². The highest BCUT2D eigenvalue weighted by Crippen LogP contribution is 2.36. The average molecular weight is 547 g/mol. The molecule has 0 aliphatic carbocycles. The largest absolute Gasteiger partial charge is 0.323 e. The highest BCUT2D eigenvalue weighted by Gasteiger charge is 2.43. The number of likely N-dealkylation sites (tertiary alicyclic amines) is 1. The van der Waals surface area contributed by atoms with Crippen LogP contribution in [-0.4, -0.2) is 29.0 Å². The molecule has 0 spiro atoms. The smallest absolute Gasteiger partial charge is 0.321 e. The van der Waals surface area contributed by atoms with E-state index in [2.05, 4.69) is 44.1 Å². The van der Waals surface area contributed by atoms with Gasteiger partial charge in [0.05, 0.1) is 23.0 Å². The maximum atomic E-state index is 14.2. The molecule has 0 bridgehead atoms. The molecule has 1 N–H and O–H groups in total. The maximum Gasteiger partial charge on any atom is 0.321 e. The van der Waals surface area contributed by atoms with Crippen molar-refractivity contribution in [3.05, 3.63) is 94.2 Å². The van der Waals surface area contributed by atoms with Crippen LogP contribution in [0.25, 0.3) is 0 Å². The number of amides is 2. The molecule has 1 aliphatic heterocycles. The molecule has 4 rings (SSSR count). The lowest BCUT2D eigenvalue weighted by molar-refractivity contribution is 0.220. The normalized spacial score (nSPS) is 16.5. The number of aromatic nitrogens is 1. The summed E-state index contributed by atoms with van der Waals surface area (Å²) in [7, 11) is 0. The quantitative estimate of drug-likeness (QED) is 0.353. The Labute approximate surface area is 227 Å². The second-order valence-electron chi connectivity index (χ2n) is 10.1. The first kappa shape index (κ1) is 30.0. The minimum Gasteiger partial charge on any atom is -0.323 e. The molecule has 2 heterocycles. The third-order valence-electron chi connectivity index (χ3n) is 4.95. The van der Waals surface area contributed by atoms with E-state index in [9.17, 15) is 18.8 Å². The zero-order chi connectivity index (χ0) is 27.6. The molecular weight excluding hydrogens is 517 g/mol. The number of hydrogen-bond acceptors (Lipinski definition) is 3. The molecule has 1 fully saturated rings. The van der Waals surface area contributed by atoms with Crippen LogP contribution in [0.15, 0.2) is 67.0 Å². The van der Waals surface area contributed by atoms with Gasteiger partial charge in [-0.05, 0) is 48.2 Å². The number of carbonyl (C=O) groups is 1. The van der Waals surface area contributed by atoms with Crippen LogP contribution in [0.3, 0.4) is 0 Å². The molecule has 3 aromatic rings. The molecule has 5 nitrogen and oxygen atoms in total. The number of carbonyl (C=O) groups excluding carboxylic acids is 1. The van der Waals surface area contributed by atoms with Crippen LogP contribution in [0.4, 0.5) is 19.3 Å². The van der Waals surface area contributed by atoms with E-state index in [-0.39, 0.29) is 34.0 Å². The van der Waals surface area contributed by atoms with Gasteiger partial charge in [0, 0.05) is 29.9 Å². The lowest BCUT2D eigenvalue weighted by atomic mass is 9.81. The molecule has 1 atom stereocenters. The first-order chi connectivity index (χ1) is 17.3. The molecule has 9 heteroatoms. The third kappa shape index (κ3) is 9.64. The third-order valence-corrected chi connectivity index (χ3v) is 5.50. The Balaban J connectivity index is 0.000000304. The second kappa shape index (κ2) is 13.4. The predicted molar refractivity (Wildman–Crippen MR) is 145 cm³/mol. The zero-order valence-electron chi connectivity index (χ0n) is 21.2. The van der Waals surface area contributed by atoms with E-state index in [0.29, 0.717) is 24.1 Å². The fourth-order valence-electron chi connectivity index (χ4n) is 3.31. The fourth-order valence-corrected chi connectivity index (χ4v) is 3.61. The van der Waals surface area contributed by atoms with Gasteiger partial charge in [-0.1, -0.05) is 69.1 Å². The number of nitrogens with one attached hydrogen (secondary N) is 1. The number of halogens is 4. The SMILES string of the molecule is CC(C)(C)C.Fc1ccccc1Cl.N#CC1(c2ccc(Cl)cc2F)CCN(C(=O)Nc2cccnc2)C1. The minimum atomic E-state index is -1.07. The number of urea groups is 1. The van der Waals surface area contributed by atoms with E-state index in [0.717, 1.165) is 0 Å². The van der Waals surface area contributed by atoms with Gasteiger partial charge >= 0.3 is 6.03 Å². The van der Waals surface area contributed by atoms with E-state index in [1.54, 1.807) is 36.5 Å². The molecule has 1 unspecified atom stereocenters. The molecular formula is C28H30Cl2F2N4O. The maximum absolute atomic E-state index is 14.2. The van der Waals surface area contributed by atoms with E-state index in [4.69, 9.17) is 23.2 Å². The van der Waals surface area contributed by atoms with Crippen LogP contribution in [0, 0.1) is 28.4 Å². The van der Waals surface area contributed by atoms with Crippen molar-refractivity contribution in [1.29, 1.82) is 5.26 Å². The van der Waals surface area contributed by atoms with Gasteiger partial charge in [-0.15, -0.1) is 0 Å². The summed E-state index contributed by atoms with van der Waals surface area (Å²) >= 11 is 11.1. The highest BCUT2D eigenvalue weighted by atomic mass is 35.5. The van der Waals surface area contributed by atoms with Crippen LogP contribution in [0.5, 0.6) is 0 Å². The molecule has 37 heavy (non-hydrogen) atoms. The number of nitriles is 1. The van der Waals surface area contributed by atoms with Crippen LogP contribution in [0.1, 0.15) is 39.7 Å². The molecule has 0 saturated carbocycles. The topological polar surface area (TPSA) is 69.0 Å². The number of pyridine rings is 1. The van der Waals surface area contributed by atoms with Gasteiger partial charge in [0.25, 0.3) is 0 Å². The fraction of sp³-hybridized carbons (Fsp3) is 0.321. The van der Waals surface area contributed by atoms with Crippen molar-refractivity contribution in [3.63, 3.8) is 0 Å². The Morgan fingerprint density at radius 2 is 1.76 bits per heavy atom. The number of anilines is 1. The molecule has 1 aliphatic rings. The Hall–Kier alpha value is -3.21. The summed E-state index contributed by atoms with van der Waals surface area (Å²) in [5, 5.41) is 12.8. The Morgan fingerprint density at radius 1 is 1.08 bits per heavy atom. The van der Waals surface area contributed by atoms with Gasteiger partial charge in [-0.3, -0.25) is 4.98 Å². The lowest BCUT2D eigenvalue weighted by Crippen LogP contribution is -2.36. The van der Waals surface area contributed by atoms with Gasteiger partial charge in [0.1, 0.15) is 17.0 Å². The van der Waals surface area contributed by atoms with Gasteiger partial charge in [-0.25, -0.2) is 13.6 Å². The second-order valence-corrected chi connectivity index (χ2v) is 10.9. The molecule has 1 saturated heterocycles. The Bertz CT molecular complexity index is 1200. The number of nitrogens with zero attached hydrogens (tertiary/aromatic N) is 3. The number of hydrogen-bond donors (Lipinski definition) is 1. The van der Waals surface area contributed by atoms with Crippen molar-refractivity contribution in [2.24, 2.45) is 5.41 Å². The van der Waals surface area contributed by atoms with E-state index < -0.39 is 11.2 Å².